The molecule has 1 aliphatic heterocycles. The summed E-state index contributed by atoms with van der Waals surface area (Å²) >= 11 is 0. The first-order chi connectivity index (χ1) is 9.08. The second-order valence-corrected chi connectivity index (χ2v) is 5.37. The molecule has 4 nitrogen and oxygen atoms in total. The van der Waals surface area contributed by atoms with Crippen molar-refractivity contribution < 1.29 is 4.79 Å². The molecule has 4 heteroatoms. The van der Waals surface area contributed by atoms with E-state index < -0.39 is 0 Å². The van der Waals surface area contributed by atoms with Crippen LogP contribution in [0.5, 0.6) is 0 Å². The van der Waals surface area contributed by atoms with Gasteiger partial charge in [-0.1, -0.05) is 6.92 Å². The highest BCUT2D eigenvalue weighted by Gasteiger charge is 2.33. The summed E-state index contributed by atoms with van der Waals surface area (Å²) in [6.07, 6.45) is 3.24. The lowest BCUT2D eigenvalue weighted by Gasteiger charge is -2.28. The van der Waals surface area contributed by atoms with E-state index in [4.69, 9.17) is 5.84 Å². The van der Waals surface area contributed by atoms with E-state index in [9.17, 15) is 4.79 Å². The van der Waals surface area contributed by atoms with E-state index in [1.807, 2.05) is 30.0 Å². The second kappa shape index (κ2) is 5.61. The highest BCUT2D eigenvalue weighted by atomic mass is 16.2. The van der Waals surface area contributed by atoms with Crippen molar-refractivity contribution in [3.05, 3.63) is 29.3 Å². The zero-order valence-electron chi connectivity index (χ0n) is 11.9. The third-order valence-electron chi connectivity index (χ3n) is 4.12. The number of nitrogen functional groups attached to an aromatic ring is 1. The number of hydrogen-bond donors (Lipinski definition) is 2. The Morgan fingerprint density at radius 1 is 1.47 bits per heavy atom. The minimum Gasteiger partial charge on any atom is -0.333 e. The Balaban J connectivity index is 2.26. The van der Waals surface area contributed by atoms with Gasteiger partial charge >= 0.3 is 0 Å². The number of nitrogens with zero attached hydrogens (tertiary/aromatic N) is 1. The Labute approximate surface area is 114 Å². The van der Waals surface area contributed by atoms with Gasteiger partial charge in [0.05, 0.1) is 5.69 Å². The van der Waals surface area contributed by atoms with Crippen LogP contribution in [-0.2, 0) is 0 Å². The molecule has 1 heterocycles. The first-order valence-electron chi connectivity index (χ1n) is 6.98. The SMILES string of the molecule is CCC1CCC(C)N1C(=O)c1ccc(NN)c(C)c1. The summed E-state index contributed by atoms with van der Waals surface area (Å²) in [5.74, 6) is 5.56. The Bertz CT molecular complexity index is 472. The quantitative estimate of drug-likeness (QED) is 0.649. The van der Waals surface area contributed by atoms with Crippen molar-refractivity contribution in [2.45, 2.75) is 52.1 Å². The van der Waals surface area contributed by atoms with Crippen molar-refractivity contribution in [3.8, 4) is 0 Å². The van der Waals surface area contributed by atoms with Crippen LogP contribution in [0.2, 0.25) is 0 Å². The summed E-state index contributed by atoms with van der Waals surface area (Å²) in [7, 11) is 0. The van der Waals surface area contributed by atoms with Crippen molar-refractivity contribution in [2.75, 3.05) is 5.43 Å². The summed E-state index contributed by atoms with van der Waals surface area (Å²) in [5, 5.41) is 0. The summed E-state index contributed by atoms with van der Waals surface area (Å²) in [6.45, 7) is 6.24. The van der Waals surface area contributed by atoms with Gasteiger partial charge < -0.3 is 10.3 Å². The molecule has 2 rings (SSSR count). The maximum absolute atomic E-state index is 12.7. The van der Waals surface area contributed by atoms with E-state index in [1.165, 1.54) is 0 Å². The van der Waals surface area contributed by atoms with Gasteiger partial charge in [0.2, 0.25) is 0 Å². The fraction of sp³-hybridized carbons (Fsp3) is 0.533. The first-order valence-corrected chi connectivity index (χ1v) is 6.98. The van der Waals surface area contributed by atoms with E-state index in [1.54, 1.807) is 0 Å². The van der Waals surface area contributed by atoms with Crippen LogP contribution in [0.25, 0.3) is 0 Å². The van der Waals surface area contributed by atoms with Crippen LogP contribution in [0.4, 0.5) is 5.69 Å². The molecular formula is C15H23N3O. The second-order valence-electron chi connectivity index (χ2n) is 5.37. The zero-order chi connectivity index (χ0) is 14.0. The van der Waals surface area contributed by atoms with Gasteiger partial charge in [0.15, 0.2) is 0 Å². The Kier molecular flexibility index (Phi) is 4.10. The summed E-state index contributed by atoms with van der Waals surface area (Å²) in [6, 6.07) is 6.35. The van der Waals surface area contributed by atoms with Gasteiger partial charge in [-0.25, -0.2) is 0 Å². The van der Waals surface area contributed by atoms with Gasteiger partial charge in [0.25, 0.3) is 5.91 Å². The molecule has 0 bridgehead atoms. The number of hydrazine groups is 1. The number of rotatable bonds is 3. The molecule has 1 fully saturated rings. The third-order valence-corrected chi connectivity index (χ3v) is 4.12. The number of hydrogen-bond acceptors (Lipinski definition) is 3. The topological polar surface area (TPSA) is 58.4 Å². The lowest BCUT2D eigenvalue weighted by molar-refractivity contribution is 0.0676. The highest BCUT2D eigenvalue weighted by molar-refractivity contribution is 5.95. The molecule has 1 aromatic rings. The summed E-state index contributed by atoms with van der Waals surface area (Å²) < 4.78 is 0. The summed E-state index contributed by atoms with van der Waals surface area (Å²) in [5.41, 5.74) is 5.24. The van der Waals surface area contributed by atoms with Crippen LogP contribution in [0.3, 0.4) is 0 Å². The maximum Gasteiger partial charge on any atom is 0.254 e. The van der Waals surface area contributed by atoms with Crippen LogP contribution < -0.4 is 11.3 Å². The van der Waals surface area contributed by atoms with Crippen LogP contribution in [0.15, 0.2) is 18.2 Å². The molecule has 1 aromatic carbocycles. The number of nitrogens with one attached hydrogen (secondary N) is 1. The monoisotopic (exact) mass is 261 g/mol. The van der Waals surface area contributed by atoms with Gasteiger partial charge in [0.1, 0.15) is 0 Å². The van der Waals surface area contributed by atoms with Crippen molar-refractivity contribution >= 4 is 11.6 Å². The van der Waals surface area contributed by atoms with Crippen molar-refractivity contribution in [1.29, 1.82) is 0 Å². The lowest BCUT2D eigenvalue weighted by Crippen LogP contribution is -2.39. The minimum absolute atomic E-state index is 0.142. The molecule has 104 valence electrons. The van der Waals surface area contributed by atoms with Crippen molar-refractivity contribution in [2.24, 2.45) is 5.84 Å². The molecule has 2 atom stereocenters. The van der Waals surface area contributed by atoms with E-state index in [0.29, 0.717) is 12.1 Å². The van der Waals surface area contributed by atoms with Crippen LogP contribution in [-0.4, -0.2) is 22.9 Å². The number of amides is 1. The molecule has 19 heavy (non-hydrogen) atoms. The molecule has 0 aromatic heterocycles. The molecule has 1 saturated heterocycles. The molecule has 0 radical (unpaired) electrons. The predicted octanol–water partition coefficient (Wildman–Crippen LogP) is 2.68. The molecule has 1 aliphatic rings. The molecule has 2 unspecified atom stereocenters. The van der Waals surface area contributed by atoms with Gasteiger partial charge in [0, 0.05) is 17.6 Å². The van der Waals surface area contributed by atoms with E-state index in [0.717, 1.165) is 36.1 Å². The van der Waals surface area contributed by atoms with Gasteiger partial charge in [-0.05, 0) is 56.9 Å². The fourth-order valence-corrected chi connectivity index (χ4v) is 2.95. The Hall–Kier alpha value is -1.55. The van der Waals surface area contributed by atoms with Crippen LogP contribution in [0.1, 0.15) is 49.0 Å². The van der Waals surface area contributed by atoms with E-state index in [2.05, 4.69) is 19.3 Å². The third kappa shape index (κ3) is 2.59. The van der Waals surface area contributed by atoms with Crippen molar-refractivity contribution in [3.63, 3.8) is 0 Å². The number of nitrogens with two attached hydrogens (primary N) is 1. The Morgan fingerprint density at radius 3 is 2.79 bits per heavy atom. The average Bonchev–Trinajstić information content (AvgIpc) is 2.78. The van der Waals surface area contributed by atoms with Gasteiger partial charge in [-0.15, -0.1) is 0 Å². The van der Waals surface area contributed by atoms with E-state index in [-0.39, 0.29) is 5.91 Å². The van der Waals surface area contributed by atoms with Crippen molar-refractivity contribution in [1.82, 2.24) is 4.90 Å². The minimum atomic E-state index is 0.142. The smallest absolute Gasteiger partial charge is 0.254 e. The fourth-order valence-electron chi connectivity index (χ4n) is 2.95. The standard InChI is InChI=1S/C15H23N3O/c1-4-13-7-5-11(3)18(13)15(19)12-6-8-14(17-16)10(2)9-12/h6,8-9,11,13,17H,4-5,7,16H2,1-3H3. The summed E-state index contributed by atoms with van der Waals surface area (Å²) in [4.78, 5) is 14.7. The predicted molar refractivity (Wildman–Crippen MR) is 77.9 cm³/mol. The number of benzene rings is 1. The number of carbonyl (C=O) groups excluding carboxylic acids is 1. The largest absolute Gasteiger partial charge is 0.333 e. The molecule has 0 spiro atoms. The molecule has 0 aliphatic carbocycles. The highest BCUT2D eigenvalue weighted by Crippen LogP contribution is 2.28. The average molecular weight is 261 g/mol. The van der Waals surface area contributed by atoms with E-state index >= 15 is 0 Å². The van der Waals surface area contributed by atoms with Gasteiger partial charge in [-0.2, -0.15) is 0 Å². The maximum atomic E-state index is 12.7. The number of carbonyl (C=O) groups is 1. The Morgan fingerprint density at radius 2 is 2.21 bits per heavy atom. The number of anilines is 1. The molecule has 3 N–H and O–H groups in total. The normalized spacial score (nSPS) is 22.6. The number of aryl methyl sites for hydroxylation is 1. The van der Waals surface area contributed by atoms with Crippen LogP contribution >= 0.6 is 0 Å². The van der Waals surface area contributed by atoms with Crippen LogP contribution in [0, 0.1) is 6.92 Å². The molecule has 0 saturated carbocycles. The molecule has 1 amide bonds. The van der Waals surface area contributed by atoms with Gasteiger partial charge in [-0.3, -0.25) is 10.6 Å². The first kappa shape index (κ1) is 13.9. The molecular weight excluding hydrogens is 238 g/mol. The lowest BCUT2D eigenvalue weighted by atomic mass is 10.1. The number of likely N-dealkylation sites (tertiary alicyclic amines) is 1. The zero-order valence-corrected chi connectivity index (χ0v) is 11.9.